The van der Waals surface area contributed by atoms with Crippen molar-refractivity contribution >= 4 is 5.78 Å². The molecule has 0 saturated carbocycles. The zero-order chi connectivity index (χ0) is 12.9. The van der Waals surface area contributed by atoms with Crippen molar-refractivity contribution in [2.24, 2.45) is 0 Å². The van der Waals surface area contributed by atoms with Crippen LogP contribution in [0.1, 0.15) is 0 Å². The fraction of sp³-hybridized carbons (Fsp3) is 0.875. The molecule has 0 saturated heterocycles. The van der Waals surface area contributed by atoms with Crippen LogP contribution in [-0.2, 0) is 4.79 Å². The van der Waals surface area contributed by atoms with E-state index < -0.39 is 49.5 Å². The van der Waals surface area contributed by atoms with Gasteiger partial charge in [0.1, 0.15) is 30.5 Å². The first-order valence-corrected chi connectivity index (χ1v) is 4.52. The van der Waals surface area contributed by atoms with Gasteiger partial charge < -0.3 is 35.7 Å². The molecule has 8 nitrogen and oxygen atoms in total. The molecule has 0 aromatic rings. The molecule has 7 N–H and O–H groups in total. The minimum absolute atomic E-state index is 0.885. The van der Waals surface area contributed by atoms with Crippen molar-refractivity contribution in [3.8, 4) is 0 Å². The molecule has 0 spiro atoms. The molecule has 0 rings (SSSR count). The molecule has 0 amide bonds. The molecule has 8 heteroatoms. The third-order valence-corrected chi connectivity index (χ3v) is 2.04. The Morgan fingerprint density at radius 3 is 1.62 bits per heavy atom. The maximum atomic E-state index is 11.2. The highest BCUT2D eigenvalue weighted by Crippen LogP contribution is 2.06. The van der Waals surface area contributed by atoms with Gasteiger partial charge >= 0.3 is 0 Å². The lowest BCUT2D eigenvalue weighted by Crippen LogP contribution is -2.50. The zero-order valence-corrected chi connectivity index (χ0v) is 8.34. The molecular weight excluding hydrogens is 224 g/mol. The summed E-state index contributed by atoms with van der Waals surface area (Å²) >= 11 is 0. The average molecular weight is 240 g/mol. The van der Waals surface area contributed by atoms with Crippen LogP contribution in [0.3, 0.4) is 0 Å². The number of hydrogen-bond donors (Lipinski definition) is 7. The summed E-state index contributed by atoms with van der Waals surface area (Å²) in [6, 6.07) is 0. The van der Waals surface area contributed by atoms with Gasteiger partial charge in [-0.15, -0.1) is 0 Å². The third kappa shape index (κ3) is 3.76. The topological polar surface area (TPSA) is 159 Å². The number of aliphatic hydroxyl groups is 7. The fourth-order valence-electron chi connectivity index (χ4n) is 0.951. The van der Waals surface area contributed by atoms with E-state index in [0.717, 1.165) is 0 Å². The number of rotatable bonds is 7. The monoisotopic (exact) mass is 240 g/mol. The summed E-state index contributed by atoms with van der Waals surface area (Å²) in [4.78, 5) is 11.2. The molecular formula is C8H16O8. The lowest BCUT2D eigenvalue weighted by atomic mass is 9.98. The molecule has 0 aromatic heterocycles. The maximum absolute atomic E-state index is 11.2. The molecule has 0 aliphatic heterocycles. The van der Waals surface area contributed by atoms with E-state index in [9.17, 15) is 9.90 Å². The van der Waals surface area contributed by atoms with Crippen molar-refractivity contribution in [2.75, 3.05) is 13.2 Å². The highest BCUT2D eigenvalue weighted by molar-refractivity contribution is 5.88. The summed E-state index contributed by atoms with van der Waals surface area (Å²) in [5.74, 6) is -1.36. The van der Waals surface area contributed by atoms with Gasteiger partial charge in [-0.1, -0.05) is 0 Å². The van der Waals surface area contributed by atoms with Gasteiger partial charge in [-0.05, 0) is 0 Å². The number of hydrogen-bond acceptors (Lipinski definition) is 8. The van der Waals surface area contributed by atoms with E-state index >= 15 is 0 Å². The van der Waals surface area contributed by atoms with E-state index in [0.29, 0.717) is 0 Å². The van der Waals surface area contributed by atoms with Crippen LogP contribution in [0.2, 0.25) is 0 Å². The van der Waals surface area contributed by atoms with Gasteiger partial charge in [0.05, 0.1) is 13.2 Å². The first-order chi connectivity index (χ1) is 7.36. The first kappa shape index (κ1) is 15.4. The summed E-state index contributed by atoms with van der Waals surface area (Å²) in [6.07, 6.45) is -9.78. The molecule has 0 bridgehead atoms. The number of carbonyl (C=O) groups is 1. The average Bonchev–Trinajstić information content (AvgIpc) is 2.32. The van der Waals surface area contributed by atoms with Crippen LogP contribution in [0.15, 0.2) is 0 Å². The van der Waals surface area contributed by atoms with Crippen molar-refractivity contribution in [1.82, 2.24) is 0 Å². The van der Waals surface area contributed by atoms with E-state index in [1.807, 2.05) is 0 Å². The highest BCUT2D eigenvalue weighted by atomic mass is 16.4. The summed E-state index contributed by atoms with van der Waals surface area (Å²) in [7, 11) is 0. The molecule has 0 aromatic carbocycles. The molecule has 0 heterocycles. The van der Waals surface area contributed by atoms with Crippen molar-refractivity contribution in [3.63, 3.8) is 0 Å². The summed E-state index contributed by atoms with van der Waals surface area (Å²) in [6.45, 7) is -1.79. The summed E-state index contributed by atoms with van der Waals surface area (Å²) in [5, 5.41) is 62.1. The van der Waals surface area contributed by atoms with E-state index in [2.05, 4.69) is 0 Å². The van der Waals surface area contributed by atoms with Gasteiger partial charge in [0.25, 0.3) is 0 Å². The number of aliphatic hydroxyl groups excluding tert-OH is 7. The minimum Gasteiger partial charge on any atom is -0.394 e. The Morgan fingerprint density at radius 2 is 1.25 bits per heavy atom. The zero-order valence-electron chi connectivity index (χ0n) is 8.34. The Hall–Kier alpha value is -0.610. The van der Waals surface area contributed by atoms with E-state index in [4.69, 9.17) is 30.6 Å². The van der Waals surface area contributed by atoms with Crippen LogP contribution in [0.5, 0.6) is 0 Å². The van der Waals surface area contributed by atoms with Gasteiger partial charge in [-0.25, -0.2) is 0 Å². The van der Waals surface area contributed by atoms with Crippen molar-refractivity contribution in [1.29, 1.82) is 0 Å². The summed E-state index contributed by atoms with van der Waals surface area (Å²) in [5.41, 5.74) is 0. The van der Waals surface area contributed by atoms with Crippen molar-refractivity contribution in [2.45, 2.75) is 30.5 Å². The van der Waals surface area contributed by atoms with Crippen LogP contribution in [0.25, 0.3) is 0 Å². The molecule has 16 heavy (non-hydrogen) atoms. The molecule has 0 aliphatic carbocycles. The van der Waals surface area contributed by atoms with Crippen molar-refractivity contribution < 1.29 is 40.5 Å². The Balaban J connectivity index is 4.48. The third-order valence-electron chi connectivity index (χ3n) is 2.04. The predicted octanol–water partition coefficient (Wildman–Crippen LogP) is -4.66. The molecule has 0 fully saturated rings. The normalized spacial score (nSPS) is 20.9. The standard InChI is InChI=1S/C8H16O8/c9-1-3(11)5(13)7(15)8(16)6(14)4(12)2-10/h3-7,9-15H,1-2H2/t3?,4-,5+,6+,7+/m0/s1. The van der Waals surface area contributed by atoms with Crippen LogP contribution < -0.4 is 0 Å². The second-order valence-electron chi connectivity index (χ2n) is 3.28. The van der Waals surface area contributed by atoms with Crippen molar-refractivity contribution in [3.05, 3.63) is 0 Å². The second-order valence-corrected chi connectivity index (χ2v) is 3.28. The second kappa shape index (κ2) is 6.86. The van der Waals surface area contributed by atoms with Gasteiger partial charge in [0, 0.05) is 0 Å². The Labute approximate surface area is 91.0 Å². The van der Waals surface area contributed by atoms with Crippen LogP contribution in [0, 0.1) is 0 Å². The van der Waals surface area contributed by atoms with Crippen LogP contribution >= 0.6 is 0 Å². The minimum atomic E-state index is -2.17. The van der Waals surface area contributed by atoms with E-state index in [1.165, 1.54) is 0 Å². The SMILES string of the molecule is O=C([C@H](O)[C@H](O)C(O)CO)[C@H](O)[C@@H](O)CO. The maximum Gasteiger partial charge on any atom is 0.195 e. The molecule has 1 unspecified atom stereocenters. The Kier molecular flexibility index (Phi) is 6.60. The predicted molar refractivity (Wildman–Crippen MR) is 49.2 cm³/mol. The Morgan fingerprint density at radius 1 is 0.812 bits per heavy atom. The lowest BCUT2D eigenvalue weighted by molar-refractivity contribution is -0.155. The Bertz CT molecular complexity index is 220. The lowest BCUT2D eigenvalue weighted by Gasteiger charge is -2.23. The quantitative estimate of drug-likeness (QED) is 0.234. The van der Waals surface area contributed by atoms with E-state index in [-0.39, 0.29) is 0 Å². The fourth-order valence-corrected chi connectivity index (χ4v) is 0.951. The number of ketones is 1. The van der Waals surface area contributed by atoms with Gasteiger partial charge in [0.2, 0.25) is 0 Å². The molecule has 5 atom stereocenters. The number of Topliss-reactive ketones (excluding diaryl/α,β-unsaturated/α-hetero) is 1. The smallest absolute Gasteiger partial charge is 0.195 e. The molecule has 96 valence electrons. The van der Waals surface area contributed by atoms with Gasteiger partial charge in [0.15, 0.2) is 5.78 Å². The molecule has 0 radical (unpaired) electrons. The number of carbonyl (C=O) groups excluding carboxylic acids is 1. The summed E-state index contributed by atoms with van der Waals surface area (Å²) < 4.78 is 0. The van der Waals surface area contributed by atoms with Crippen LogP contribution in [-0.4, -0.2) is 85.3 Å². The highest BCUT2D eigenvalue weighted by Gasteiger charge is 2.36. The first-order valence-electron chi connectivity index (χ1n) is 4.52. The largest absolute Gasteiger partial charge is 0.394 e. The van der Waals surface area contributed by atoms with Crippen LogP contribution in [0.4, 0.5) is 0 Å². The van der Waals surface area contributed by atoms with Gasteiger partial charge in [-0.3, -0.25) is 4.79 Å². The molecule has 0 aliphatic rings. The van der Waals surface area contributed by atoms with Gasteiger partial charge in [-0.2, -0.15) is 0 Å². The van der Waals surface area contributed by atoms with E-state index in [1.54, 1.807) is 0 Å².